The van der Waals surface area contributed by atoms with Crippen LogP contribution < -0.4 is 11.3 Å². The lowest BCUT2D eigenvalue weighted by Gasteiger charge is -2.38. The molecule has 0 aliphatic carbocycles. The molecule has 0 spiro atoms. The van der Waals surface area contributed by atoms with Crippen LogP contribution in [0.4, 0.5) is 0 Å². The van der Waals surface area contributed by atoms with E-state index in [0.29, 0.717) is 6.42 Å². The second kappa shape index (κ2) is 5.23. The zero-order valence-electron chi connectivity index (χ0n) is 13.0. The van der Waals surface area contributed by atoms with Gasteiger partial charge in [0, 0.05) is 12.0 Å². The van der Waals surface area contributed by atoms with Crippen molar-refractivity contribution in [1.82, 2.24) is 5.43 Å². The lowest BCUT2D eigenvalue weighted by atomic mass is 9.79. The molecule has 2 aliphatic heterocycles. The highest BCUT2D eigenvalue weighted by atomic mass is 32.2. The Balaban J connectivity index is 2.28. The normalized spacial score (nSPS) is 36.6. The molecule has 3 atom stereocenters. The Morgan fingerprint density at radius 3 is 2.35 bits per heavy atom. The predicted molar refractivity (Wildman–Crippen MR) is 79.9 cm³/mol. The number of nitrogens with two attached hydrogens (primary N) is 1. The van der Waals surface area contributed by atoms with Gasteiger partial charge in [-0.2, -0.15) is 0 Å². The minimum atomic E-state index is -3.06. The van der Waals surface area contributed by atoms with Crippen LogP contribution in [0.1, 0.15) is 53.4 Å². The van der Waals surface area contributed by atoms with Gasteiger partial charge in [-0.3, -0.25) is 11.3 Å². The summed E-state index contributed by atoms with van der Waals surface area (Å²) in [4.78, 5) is 0. The van der Waals surface area contributed by atoms with Gasteiger partial charge in [-0.25, -0.2) is 8.42 Å². The van der Waals surface area contributed by atoms with Gasteiger partial charge in [-0.1, -0.05) is 6.42 Å². The minimum Gasteiger partial charge on any atom is -0.369 e. The average molecular weight is 304 g/mol. The van der Waals surface area contributed by atoms with E-state index in [2.05, 4.69) is 19.3 Å². The Labute approximate surface area is 122 Å². The van der Waals surface area contributed by atoms with Crippen molar-refractivity contribution in [2.45, 2.75) is 75.9 Å². The molecule has 118 valence electrons. The Morgan fingerprint density at radius 2 is 1.90 bits per heavy atom. The molecule has 3 N–H and O–H groups in total. The SMILES string of the molecule is CC1(C)CC(C(NN)C2CCCCS2(=O)=O)C(C)(C)O1. The summed E-state index contributed by atoms with van der Waals surface area (Å²) >= 11 is 0. The van der Waals surface area contributed by atoms with Crippen LogP contribution in [-0.2, 0) is 14.6 Å². The van der Waals surface area contributed by atoms with E-state index >= 15 is 0 Å². The topological polar surface area (TPSA) is 81.4 Å². The van der Waals surface area contributed by atoms with Crippen molar-refractivity contribution in [3.8, 4) is 0 Å². The van der Waals surface area contributed by atoms with Crippen molar-refractivity contribution >= 4 is 9.84 Å². The van der Waals surface area contributed by atoms with Crippen molar-refractivity contribution < 1.29 is 13.2 Å². The zero-order chi connectivity index (χ0) is 15.2. The van der Waals surface area contributed by atoms with Crippen molar-refractivity contribution in [3.05, 3.63) is 0 Å². The van der Waals surface area contributed by atoms with Gasteiger partial charge in [0.15, 0.2) is 9.84 Å². The monoisotopic (exact) mass is 304 g/mol. The van der Waals surface area contributed by atoms with E-state index in [-0.39, 0.29) is 34.2 Å². The summed E-state index contributed by atoms with van der Waals surface area (Å²) < 4.78 is 30.8. The summed E-state index contributed by atoms with van der Waals surface area (Å²) in [5.41, 5.74) is 2.20. The van der Waals surface area contributed by atoms with E-state index < -0.39 is 9.84 Å². The van der Waals surface area contributed by atoms with Crippen LogP contribution in [0, 0.1) is 5.92 Å². The molecule has 0 aromatic rings. The molecule has 5 nitrogen and oxygen atoms in total. The highest BCUT2D eigenvalue weighted by Crippen LogP contribution is 2.45. The standard InChI is InChI=1S/C14H28N2O3S/c1-13(2)9-10(14(3,4)19-13)12(16-15)11-7-5-6-8-20(11,17)18/h10-12,16H,5-9,15H2,1-4H3. The van der Waals surface area contributed by atoms with Gasteiger partial charge in [0.25, 0.3) is 0 Å². The van der Waals surface area contributed by atoms with Crippen LogP contribution >= 0.6 is 0 Å². The lowest BCUT2D eigenvalue weighted by molar-refractivity contribution is -0.0778. The fourth-order valence-corrected chi connectivity index (χ4v) is 6.18. The maximum atomic E-state index is 12.4. The van der Waals surface area contributed by atoms with Gasteiger partial charge < -0.3 is 4.74 Å². The van der Waals surface area contributed by atoms with Crippen molar-refractivity contribution in [3.63, 3.8) is 0 Å². The number of hydrazine groups is 1. The Kier molecular flexibility index (Phi) is 4.24. The smallest absolute Gasteiger partial charge is 0.154 e. The number of nitrogens with one attached hydrogen (secondary N) is 1. The Morgan fingerprint density at radius 1 is 1.25 bits per heavy atom. The summed E-state index contributed by atoms with van der Waals surface area (Å²) in [6.45, 7) is 8.17. The van der Waals surface area contributed by atoms with E-state index in [0.717, 1.165) is 19.3 Å². The van der Waals surface area contributed by atoms with Gasteiger partial charge in [0.1, 0.15) is 0 Å². The van der Waals surface area contributed by atoms with Crippen molar-refractivity contribution in [1.29, 1.82) is 0 Å². The van der Waals surface area contributed by atoms with E-state index in [1.807, 2.05) is 13.8 Å². The first-order chi connectivity index (χ1) is 9.09. The van der Waals surface area contributed by atoms with Crippen LogP contribution in [0.15, 0.2) is 0 Å². The molecule has 0 radical (unpaired) electrons. The minimum absolute atomic E-state index is 0.0976. The molecule has 0 bridgehead atoms. The van der Waals surface area contributed by atoms with Crippen LogP contribution in [0.5, 0.6) is 0 Å². The van der Waals surface area contributed by atoms with Crippen LogP contribution in [-0.4, -0.2) is 36.7 Å². The molecule has 2 saturated heterocycles. The maximum absolute atomic E-state index is 12.4. The maximum Gasteiger partial charge on any atom is 0.154 e. The Bertz CT molecular complexity index is 459. The zero-order valence-corrected chi connectivity index (χ0v) is 13.8. The molecule has 0 saturated carbocycles. The molecule has 2 rings (SSSR count). The third kappa shape index (κ3) is 3.03. The molecule has 0 aromatic heterocycles. The van der Waals surface area contributed by atoms with E-state index in [1.54, 1.807) is 0 Å². The summed E-state index contributed by atoms with van der Waals surface area (Å²) in [5.74, 6) is 6.13. The summed E-state index contributed by atoms with van der Waals surface area (Å²) in [7, 11) is -3.06. The molecule has 2 aliphatic rings. The first kappa shape index (κ1) is 16.2. The number of ether oxygens (including phenoxy) is 1. The highest BCUT2D eigenvalue weighted by Gasteiger charge is 2.52. The van der Waals surface area contributed by atoms with Gasteiger partial charge >= 0.3 is 0 Å². The fraction of sp³-hybridized carbons (Fsp3) is 1.00. The van der Waals surface area contributed by atoms with Crippen molar-refractivity contribution in [2.75, 3.05) is 5.75 Å². The highest BCUT2D eigenvalue weighted by molar-refractivity contribution is 7.92. The van der Waals surface area contributed by atoms with E-state index in [4.69, 9.17) is 10.6 Å². The molecule has 6 heteroatoms. The summed E-state index contributed by atoms with van der Waals surface area (Å²) in [6.07, 6.45) is 3.25. The predicted octanol–water partition coefficient (Wildman–Crippen LogP) is 1.38. The third-order valence-electron chi connectivity index (χ3n) is 4.80. The van der Waals surface area contributed by atoms with Gasteiger partial charge in [-0.05, 0) is 47.0 Å². The second-order valence-electron chi connectivity index (χ2n) is 7.37. The second-order valence-corrected chi connectivity index (χ2v) is 9.71. The first-order valence-corrected chi connectivity index (χ1v) is 9.18. The molecular formula is C14H28N2O3S. The van der Waals surface area contributed by atoms with Crippen LogP contribution in [0.25, 0.3) is 0 Å². The van der Waals surface area contributed by atoms with Crippen molar-refractivity contribution in [2.24, 2.45) is 11.8 Å². The van der Waals surface area contributed by atoms with Gasteiger partial charge in [-0.15, -0.1) is 0 Å². The molecule has 2 heterocycles. The molecule has 20 heavy (non-hydrogen) atoms. The molecular weight excluding hydrogens is 276 g/mol. The third-order valence-corrected chi connectivity index (χ3v) is 7.11. The van der Waals surface area contributed by atoms with E-state index in [1.165, 1.54) is 0 Å². The molecule has 0 amide bonds. The number of rotatable bonds is 3. The fourth-order valence-electron chi connectivity index (χ4n) is 4.03. The van der Waals surface area contributed by atoms with Crippen LogP contribution in [0.2, 0.25) is 0 Å². The first-order valence-electron chi connectivity index (χ1n) is 7.47. The lowest BCUT2D eigenvalue weighted by Crippen LogP contribution is -2.56. The Hall–Kier alpha value is -0.170. The average Bonchev–Trinajstić information content (AvgIpc) is 2.50. The number of sulfone groups is 1. The molecule has 3 unspecified atom stereocenters. The number of hydrogen-bond donors (Lipinski definition) is 2. The summed E-state index contributed by atoms with van der Waals surface area (Å²) in [6, 6.07) is -0.239. The summed E-state index contributed by atoms with van der Waals surface area (Å²) in [5, 5.41) is -0.386. The van der Waals surface area contributed by atoms with Gasteiger partial charge in [0.05, 0.1) is 22.2 Å². The molecule has 0 aromatic carbocycles. The molecule has 2 fully saturated rings. The van der Waals surface area contributed by atoms with E-state index in [9.17, 15) is 8.42 Å². The largest absolute Gasteiger partial charge is 0.369 e. The number of hydrogen-bond acceptors (Lipinski definition) is 5. The van der Waals surface area contributed by atoms with Crippen LogP contribution in [0.3, 0.4) is 0 Å². The quantitative estimate of drug-likeness (QED) is 0.608. The van der Waals surface area contributed by atoms with Gasteiger partial charge in [0.2, 0.25) is 0 Å².